The van der Waals surface area contributed by atoms with Gasteiger partial charge in [-0.3, -0.25) is 9.69 Å². The van der Waals surface area contributed by atoms with E-state index in [-0.39, 0.29) is 6.54 Å². The number of carboxylic acids is 1. The summed E-state index contributed by atoms with van der Waals surface area (Å²) in [4.78, 5) is 12.9. The summed E-state index contributed by atoms with van der Waals surface area (Å²) in [5, 5.41) is 9.02. The normalized spacial score (nSPS) is 13.6. The van der Waals surface area contributed by atoms with Gasteiger partial charge in [0.2, 0.25) is 0 Å². The minimum Gasteiger partial charge on any atom is -0.480 e. The number of carbonyl (C=O) groups is 1. The van der Waals surface area contributed by atoms with E-state index in [2.05, 4.69) is 67.6 Å². The Labute approximate surface area is 153 Å². The molecule has 0 atom stereocenters. The monoisotopic (exact) mass is 343 g/mol. The smallest absolute Gasteiger partial charge is 0.317 e. The van der Waals surface area contributed by atoms with E-state index < -0.39 is 5.97 Å². The molecule has 0 spiro atoms. The molecule has 0 bridgehead atoms. The molecule has 4 rings (SSSR count). The summed E-state index contributed by atoms with van der Waals surface area (Å²) in [6.07, 6.45) is 0. The minimum atomic E-state index is -0.774. The lowest BCUT2D eigenvalue weighted by atomic mass is 9.91. The maximum Gasteiger partial charge on any atom is 0.317 e. The first kappa shape index (κ1) is 16.6. The molecule has 0 aromatic heterocycles. The third kappa shape index (κ3) is 3.14. The molecule has 0 saturated carbocycles. The van der Waals surface area contributed by atoms with E-state index in [0.29, 0.717) is 13.1 Å². The minimum absolute atomic E-state index is 0.0898. The molecule has 3 nitrogen and oxygen atoms in total. The highest BCUT2D eigenvalue weighted by Gasteiger charge is 2.21. The van der Waals surface area contributed by atoms with Crippen molar-refractivity contribution in [3.8, 4) is 22.3 Å². The Bertz CT molecular complexity index is 963. The van der Waals surface area contributed by atoms with E-state index in [1.807, 2.05) is 11.0 Å². The zero-order chi connectivity index (χ0) is 18.1. The molecule has 0 radical (unpaired) electrons. The van der Waals surface area contributed by atoms with Gasteiger partial charge in [0.25, 0.3) is 0 Å². The van der Waals surface area contributed by atoms with Gasteiger partial charge >= 0.3 is 5.97 Å². The fourth-order valence-corrected chi connectivity index (χ4v) is 3.81. The van der Waals surface area contributed by atoms with Crippen LogP contribution >= 0.6 is 0 Å². The number of fused-ring (bicyclic) bond motifs is 1. The maximum atomic E-state index is 11.0. The largest absolute Gasteiger partial charge is 0.480 e. The zero-order valence-corrected chi connectivity index (χ0v) is 14.8. The molecule has 0 amide bonds. The van der Waals surface area contributed by atoms with Crippen molar-refractivity contribution >= 4 is 5.97 Å². The van der Waals surface area contributed by atoms with Gasteiger partial charge in [-0.05, 0) is 51.9 Å². The van der Waals surface area contributed by atoms with Crippen molar-refractivity contribution in [2.75, 3.05) is 6.54 Å². The van der Waals surface area contributed by atoms with Crippen LogP contribution in [0.15, 0.2) is 66.7 Å². The highest BCUT2D eigenvalue weighted by molar-refractivity contribution is 5.78. The lowest BCUT2D eigenvalue weighted by molar-refractivity contribution is -0.138. The van der Waals surface area contributed by atoms with Crippen LogP contribution in [0.25, 0.3) is 22.3 Å². The van der Waals surface area contributed by atoms with Gasteiger partial charge in [0.05, 0.1) is 6.54 Å². The summed E-state index contributed by atoms with van der Waals surface area (Å²) in [6, 6.07) is 23.4. The topological polar surface area (TPSA) is 40.5 Å². The molecule has 1 aliphatic heterocycles. The second-order valence-corrected chi connectivity index (χ2v) is 6.87. The maximum absolute atomic E-state index is 11.0. The van der Waals surface area contributed by atoms with Crippen LogP contribution in [0.5, 0.6) is 0 Å². The van der Waals surface area contributed by atoms with E-state index in [9.17, 15) is 4.79 Å². The summed E-state index contributed by atoms with van der Waals surface area (Å²) >= 11 is 0. The van der Waals surface area contributed by atoms with Crippen LogP contribution in [0.4, 0.5) is 0 Å². The van der Waals surface area contributed by atoms with Gasteiger partial charge in [0.1, 0.15) is 0 Å². The van der Waals surface area contributed by atoms with Crippen molar-refractivity contribution in [1.29, 1.82) is 0 Å². The SMILES string of the molecule is Cc1c(-c2ccccc2)cccc1-c1ccc2c(c1)CN(CC(=O)O)C2. The van der Waals surface area contributed by atoms with Crippen molar-refractivity contribution in [1.82, 2.24) is 4.90 Å². The number of nitrogens with zero attached hydrogens (tertiary/aromatic N) is 1. The van der Waals surface area contributed by atoms with Gasteiger partial charge in [-0.15, -0.1) is 0 Å². The zero-order valence-electron chi connectivity index (χ0n) is 14.8. The third-order valence-corrected chi connectivity index (χ3v) is 5.08. The molecule has 1 N–H and O–H groups in total. The van der Waals surface area contributed by atoms with Gasteiger partial charge in [-0.1, -0.05) is 60.7 Å². The first-order chi connectivity index (χ1) is 12.6. The summed E-state index contributed by atoms with van der Waals surface area (Å²) in [5.74, 6) is -0.774. The Kier molecular flexibility index (Phi) is 4.31. The lowest BCUT2D eigenvalue weighted by Crippen LogP contribution is -2.24. The molecule has 0 fully saturated rings. The van der Waals surface area contributed by atoms with Gasteiger partial charge in [0, 0.05) is 13.1 Å². The van der Waals surface area contributed by atoms with Gasteiger partial charge in [0.15, 0.2) is 0 Å². The molecule has 0 saturated heterocycles. The number of hydrogen-bond acceptors (Lipinski definition) is 2. The average molecular weight is 343 g/mol. The molecule has 0 unspecified atom stereocenters. The Morgan fingerprint density at radius 3 is 2.31 bits per heavy atom. The fourth-order valence-electron chi connectivity index (χ4n) is 3.81. The highest BCUT2D eigenvalue weighted by Crippen LogP contribution is 2.34. The van der Waals surface area contributed by atoms with Gasteiger partial charge in [-0.2, -0.15) is 0 Å². The van der Waals surface area contributed by atoms with E-state index in [0.717, 1.165) is 0 Å². The number of benzene rings is 3. The molecule has 1 heterocycles. The molecule has 0 aliphatic carbocycles. The molecular formula is C23H21NO2. The van der Waals surface area contributed by atoms with Crippen LogP contribution in [0.1, 0.15) is 16.7 Å². The molecule has 3 aromatic carbocycles. The van der Waals surface area contributed by atoms with Crippen LogP contribution in [0.2, 0.25) is 0 Å². The number of hydrogen-bond donors (Lipinski definition) is 1. The summed E-state index contributed by atoms with van der Waals surface area (Å²) in [5.41, 5.74) is 8.61. The van der Waals surface area contributed by atoms with Crippen LogP contribution < -0.4 is 0 Å². The Balaban J connectivity index is 1.69. The van der Waals surface area contributed by atoms with Crippen LogP contribution in [0.3, 0.4) is 0 Å². The summed E-state index contributed by atoms with van der Waals surface area (Å²) in [6.45, 7) is 3.67. The highest BCUT2D eigenvalue weighted by atomic mass is 16.4. The molecular weight excluding hydrogens is 322 g/mol. The second-order valence-electron chi connectivity index (χ2n) is 6.87. The van der Waals surface area contributed by atoms with E-state index in [1.54, 1.807) is 0 Å². The van der Waals surface area contributed by atoms with Crippen LogP contribution in [0, 0.1) is 6.92 Å². The van der Waals surface area contributed by atoms with Gasteiger partial charge in [-0.25, -0.2) is 0 Å². The first-order valence-corrected chi connectivity index (χ1v) is 8.83. The lowest BCUT2D eigenvalue weighted by Gasteiger charge is -2.13. The van der Waals surface area contributed by atoms with Crippen molar-refractivity contribution < 1.29 is 9.90 Å². The Morgan fingerprint density at radius 1 is 0.885 bits per heavy atom. The van der Waals surface area contributed by atoms with Crippen molar-refractivity contribution in [3.05, 3.63) is 83.4 Å². The number of rotatable bonds is 4. The van der Waals surface area contributed by atoms with E-state index in [4.69, 9.17) is 5.11 Å². The standard InChI is InChI=1S/C23H21NO2/c1-16-21(17-6-3-2-4-7-17)8-5-9-22(16)18-10-11-19-13-24(15-23(25)26)14-20(19)12-18/h2-12H,13-15H2,1H3,(H,25,26). The quantitative estimate of drug-likeness (QED) is 0.744. The predicted octanol–water partition coefficient (Wildman–Crippen LogP) is 4.73. The van der Waals surface area contributed by atoms with Crippen molar-refractivity contribution in [3.63, 3.8) is 0 Å². The Hall–Kier alpha value is -2.91. The van der Waals surface area contributed by atoms with E-state index >= 15 is 0 Å². The number of carboxylic acid groups (broad SMARTS) is 1. The second kappa shape index (κ2) is 6.77. The van der Waals surface area contributed by atoms with Crippen LogP contribution in [-0.2, 0) is 17.9 Å². The molecule has 1 aliphatic rings. The third-order valence-electron chi connectivity index (χ3n) is 5.08. The predicted molar refractivity (Wildman–Crippen MR) is 104 cm³/mol. The van der Waals surface area contributed by atoms with Gasteiger partial charge < -0.3 is 5.11 Å². The fraction of sp³-hybridized carbons (Fsp3) is 0.174. The average Bonchev–Trinajstić information content (AvgIpc) is 3.03. The number of aliphatic carboxylic acids is 1. The molecule has 26 heavy (non-hydrogen) atoms. The summed E-state index contributed by atoms with van der Waals surface area (Å²) < 4.78 is 0. The first-order valence-electron chi connectivity index (χ1n) is 8.83. The molecule has 130 valence electrons. The summed E-state index contributed by atoms with van der Waals surface area (Å²) in [7, 11) is 0. The van der Waals surface area contributed by atoms with E-state index in [1.165, 1.54) is 38.9 Å². The van der Waals surface area contributed by atoms with Crippen LogP contribution in [-0.4, -0.2) is 22.5 Å². The van der Waals surface area contributed by atoms with Crippen molar-refractivity contribution in [2.24, 2.45) is 0 Å². The van der Waals surface area contributed by atoms with Crippen molar-refractivity contribution in [2.45, 2.75) is 20.0 Å². The molecule has 3 heteroatoms. The molecule has 3 aromatic rings. The Morgan fingerprint density at radius 2 is 1.58 bits per heavy atom.